The van der Waals surface area contributed by atoms with Gasteiger partial charge in [-0.2, -0.15) is 0 Å². The Morgan fingerprint density at radius 3 is 2.90 bits per heavy atom. The topological polar surface area (TPSA) is 49.9 Å². The summed E-state index contributed by atoms with van der Waals surface area (Å²) in [4.78, 5) is 10.3. The minimum atomic E-state index is 0.238. The molecule has 0 radical (unpaired) electrons. The van der Waals surface area contributed by atoms with E-state index in [0.29, 0.717) is 0 Å². The molecule has 0 aliphatic carbocycles. The molecular weight excluding hydrogens is 282 g/mol. The number of aryl methyl sites for hydroxylation is 1. The Labute approximate surface area is 127 Å². The molecule has 1 N–H and O–H groups in total. The van der Waals surface area contributed by atoms with Gasteiger partial charge in [0.25, 0.3) is 0 Å². The second-order valence-electron chi connectivity index (χ2n) is 4.88. The summed E-state index contributed by atoms with van der Waals surface area (Å²) in [5.41, 5.74) is 4.45. The molecule has 0 saturated carbocycles. The van der Waals surface area contributed by atoms with Gasteiger partial charge in [0.15, 0.2) is 4.80 Å². The summed E-state index contributed by atoms with van der Waals surface area (Å²) in [5.74, 6) is 0.238. The molecule has 0 amide bonds. The third kappa shape index (κ3) is 2.23. The number of aromatic nitrogens is 1. The first kappa shape index (κ1) is 13.8. The van der Waals surface area contributed by atoms with Gasteiger partial charge in [0.05, 0.1) is 10.6 Å². The van der Waals surface area contributed by atoms with Crippen LogP contribution in [0.4, 0.5) is 5.69 Å². The summed E-state index contributed by atoms with van der Waals surface area (Å²) in [5, 5.41) is 10.2. The number of nitrogens with zero attached hydrogens (tertiary/aromatic N) is 3. The zero-order valence-corrected chi connectivity index (χ0v) is 13.1. The molecule has 108 valence electrons. The Morgan fingerprint density at radius 1 is 1.43 bits per heavy atom. The molecule has 1 aromatic carbocycles. The van der Waals surface area contributed by atoms with Gasteiger partial charge < -0.3 is 5.11 Å². The number of allylic oxidation sites excluding steroid dienone is 1. The number of rotatable bonds is 2. The Hall–Kier alpha value is -2.14. The smallest absolute Gasteiger partial charge is 0.210 e. The minimum Gasteiger partial charge on any atom is -0.493 e. The molecule has 0 atom stereocenters. The van der Waals surface area contributed by atoms with Crippen molar-refractivity contribution in [3.8, 4) is 5.88 Å². The van der Waals surface area contributed by atoms with E-state index in [0.717, 1.165) is 32.9 Å². The van der Waals surface area contributed by atoms with Crippen LogP contribution in [0.2, 0.25) is 0 Å². The highest BCUT2D eigenvalue weighted by Crippen LogP contribution is 2.37. The maximum atomic E-state index is 10.2. The van der Waals surface area contributed by atoms with Crippen LogP contribution in [0, 0.1) is 0 Å². The summed E-state index contributed by atoms with van der Waals surface area (Å²) >= 11 is 1.47. The van der Waals surface area contributed by atoms with Crippen molar-refractivity contribution in [3.05, 3.63) is 39.0 Å². The van der Waals surface area contributed by atoms with Crippen molar-refractivity contribution in [1.82, 2.24) is 4.57 Å². The Morgan fingerprint density at radius 2 is 2.24 bits per heavy atom. The third-order valence-corrected chi connectivity index (χ3v) is 4.81. The molecule has 1 aromatic heterocycles. The molecule has 2 aromatic rings. The predicted octanol–water partition coefficient (Wildman–Crippen LogP) is 3.14. The fourth-order valence-electron chi connectivity index (χ4n) is 2.48. The summed E-state index contributed by atoms with van der Waals surface area (Å²) in [6.45, 7) is 2.13. The number of thiazole rings is 1. The number of hydrogen-bond acceptors (Lipinski definition) is 4. The second-order valence-corrected chi connectivity index (χ2v) is 5.89. The molecule has 21 heavy (non-hydrogen) atoms. The van der Waals surface area contributed by atoms with Crippen LogP contribution in [0.25, 0.3) is 11.6 Å². The van der Waals surface area contributed by atoms with Crippen molar-refractivity contribution < 1.29 is 5.11 Å². The Balaban J connectivity index is 2.12. The largest absolute Gasteiger partial charge is 0.493 e. The molecule has 4 nitrogen and oxygen atoms in total. The standard InChI is InChI=1S/C16H17N3OS/c1-4-10-6-5-7-12-11(9-18-14(10)12)8-13-15(20)19(3)16(17-2)21-13/h5-9,20H,4H2,1-3H3. The van der Waals surface area contributed by atoms with Gasteiger partial charge in [0, 0.05) is 31.4 Å². The van der Waals surface area contributed by atoms with Crippen molar-refractivity contribution in [2.75, 3.05) is 7.05 Å². The minimum absolute atomic E-state index is 0.238. The summed E-state index contributed by atoms with van der Waals surface area (Å²) < 4.78 is 1.69. The number of aliphatic imine (C=N–C) groups is 1. The lowest BCUT2D eigenvalue weighted by atomic mass is 10.0. The molecule has 0 saturated heterocycles. The van der Waals surface area contributed by atoms with E-state index in [-0.39, 0.29) is 5.88 Å². The fraction of sp³-hybridized carbons (Fsp3) is 0.250. The molecule has 2 heterocycles. The predicted molar refractivity (Wildman–Crippen MR) is 88.3 cm³/mol. The van der Waals surface area contributed by atoms with E-state index in [2.05, 4.69) is 35.1 Å². The molecule has 1 aliphatic rings. The van der Waals surface area contributed by atoms with E-state index in [1.807, 2.05) is 19.3 Å². The van der Waals surface area contributed by atoms with Crippen molar-refractivity contribution in [3.63, 3.8) is 0 Å². The van der Waals surface area contributed by atoms with Gasteiger partial charge in [-0.3, -0.25) is 14.6 Å². The fourth-order valence-corrected chi connectivity index (χ4v) is 3.41. The Bertz CT molecular complexity index is 825. The highest BCUT2D eigenvalue weighted by atomic mass is 32.1. The molecular formula is C16H17N3OS. The number of para-hydroxylation sites is 1. The molecule has 0 fully saturated rings. The number of hydrogen-bond donors (Lipinski definition) is 1. The molecule has 0 spiro atoms. The van der Waals surface area contributed by atoms with Crippen LogP contribution in [0.1, 0.15) is 22.9 Å². The SMILES string of the molecule is CCc1cccc2c1N=CC2=Cc1sc(=NC)n(C)c1O. The number of fused-ring (bicyclic) bond motifs is 1. The van der Waals surface area contributed by atoms with Crippen molar-refractivity contribution in [1.29, 1.82) is 0 Å². The maximum absolute atomic E-state index is 10.2. The highest BCUT2D eigenvalue weighted by molar-refractivity contribution is 7.10. The molecule has 1 aliphatic heterocycles. The van der Waals surface area contributed by atoms with Crippen molar-refractivity contribution in [2.45, 2.75) is 13.3 Å². The van der Waals surface area contributed by atoms with Crippen LogP contribution >= 0.6 is 11.3 Å². The zero-order valence-electron chi connectivity index (χ0n) is 12.3. The zero-order chi connectivity index (χ0) is 15.0. The molecule has 0 bridgehead atoms. The first-order chi connectivity index (χ1) is 10.2. The second kappa shape index (κ2) is 5.33. The van der Waals surface area contributed by atoms with Crippen LogP contribution in [-0.2, 0) is 13.5 Å². The number of benzene rings is 1. The van der Waals surface area contributed by atoms with E-state index < -0.39 is 0 Å². The molecule has 3 rings (SSSR count). The van der Waals surface area contributed by atoms with E-state index >= 15 is 0 Å². The summed E-state index contributed by atoms with van der Waals surface area (Å²) in [6, 6.07) is 6.24. The van der Waals surface area contributed by atoms with Crippen LogP contribution in [0.15, 0.2) is 28.2 Å². The van der Waals surface area contributed by atoms with Gasteiger partial charge in [0.2, 0.25) is 5.88 Å². The van der Waals surface area contributed by atoms with Crippen LogP contribution in [0.5, 0.6) is 5.88 Å². The normalized spacial score (nSPS) is 16.0. The van der Waals surface area contributed by atoms with Gasteiger partial charge in [-0.25, -0.2) is 0 Å². The maximum Gasteiger partial charge on any atom is 0.210 e. The van der Waals surface area contributed by atoms with Crippen LogP contribution < -0.4 is 4.80 Å². The van der Waals surface area contributed by atoms with Gasteiger partial charge in [-0.15, -0.1) is 0 Å². The lowest BCUT2D eigenvalue weighted by molar-refractivity contribution is 0.427. The number of aromatic hydroxyl groups is 1. The van der Waals surface area contributed by atoms with Gasteiger partial charge in [0.1, 0.15) is 0 Å². The summed E-state index contributed by atoms with van der Waals surface area (Å²) in [6.07, 6.45) is 4.81. The van der Waals surface area contributed by atoms with E-state index in [1.165, 1.54) is 16.9 Å². The molecule has 5 heteroatoms. The summed E-state index contributed by atoms with van der Waals surface area (Å²) in [7, 11) is 3.53. The van der Waals surface area contributed by atoms with Gasteiger partial charge >= 0.3 is 0 Å². The Kier molecular flexibility index (Phi) is 3.51. The third-order valence-electron chi connectivity index (χ3n) is 3.65. The van der Waals surface area contributed by atoms with Crippen LogP contribution in [0.3, 0.4) is 0 Å². The monoisotopic (exact) mass is 299 g/mol. The van der Waals surface area contributed by atoms with Gasteiger partial charge in [-0.1, -0.05) is 36.5 Å². The highest BCUT2D eigenvalue weighted by Gasteiger charge is 2.16. The van der Waals surface area contributed by atoms with E-state index in [9.17, 15) is 5.11 Å². The average molecular weight is 299 g/mol. The first-order valence-corrected chi connectivity index (χ1v) is 7.67. The van der Waals surface area contributed by atoms with Gasteiger partial charge in [-0.05, 0) is 18.1 Å². The van der Waals surface area contributed by atoms with Crippen molar-refractivity contribution >= 4 is 34.9 Å². The lowest BCUT2D eigenvalue weighted by Crippen LogP contribution is -2.08. The molecule has 0 unspecified atom stereocenters. The van der Waals surface area contributed by atoms with E-state index in [1.54, 1.807) is 11.6 Å². The lowest BCUT2D eigenvalue weighted by Gasteiger charge is -2.04. The van der Waals surface area contributed by atoms with Crippen LogP contribution in [-0.4, -0.2) is 22.9 Å². The van der Waals surface area contributed by atoms with Crippen molar-refractivity contribution in [2.24, 2.45) is 17.0 Å². The average Bonchev–Trinajstić information content (AvgIpc) is 3.03. The quantitative estimate of drug-likeness (QED) is 0.910. The first-order valence-electron chi connectivity index (χ1n) is 6.85. The van der Waals surface area contributed by atoms with E-state index in [4.69, 9.17) is 0 Å².